The van der Waals surface area contributed by atoms with Gasteiger partial charge in [-0.15, -0.1) is 0 Å². The summed E-state index contributed by atoms with van der Waals surface area (Å²) >= 11 is 3.33. The Morgan fingerprint density at radius 1 is 1.12 bits per heavy atom. The second-order valence-electron chi connectivity index (χ2n) is 6.43. The lowest BCUT2D eigenvalue weighted by Crippen LogP contribution is -2.16. The number of nitrogens with zero attached hydrogens (tertiary/aromatic N) is 2. The molecule has 4 rings (SSSR count). The minimum absolute atomic E-state index is 0.0300. The van der Waals surface area contributed by atoms with Gasteiger partial charge in [-0.1, -0.05) is 6.07 Å². The summed E-state index contributed by atoms with van der Waals surface area (Å²) in [5, 5.41) is 0. The number of aromatic nitrogens is 2. The van der Waals surface area contributed by atoms with E-state index in [1.54, 1.807) is 12.3 Å². The quantitative estimate of drug-likeness (QED) is 0.615. The van der Waals surface area contributed by atoms with Gasteiger partial charge in [0.1, 0.15) is 12.3 Å². The number of pyridine rings is 1. The van der Waals surface area contributed by atoms with E-state index < -0.39 is 5.97 Å². The van der Waals surface area contributed by atoms with Gasteiger partial charge in [-0.2, -0.15) is 0 Å². The van der Waals surface area contributed by atoms with E-state index in [1.165, 1.54) is 28.0 Å². The lowest BCUT2D eigenvalue weighted by atomic mass is 9.90. The first-order chi connectivity index (χ1) is 12.6. The van der Waals surface area contributed by atoms with Gasteiger partial charge in [-0.05, 0) is 77.0 Å². The van der Waals surface area contributed by atoms with Gasteiger partial charge in [0, 0.05) is 16.7 Å². The Balaban J connectivity index is 1.52. The van der Waals surface area contributed by atoms with E-state index in [0.29, 0.717) is 16.9 Å². The molecule has 2 heterocycles. The van der Waals surface area contributed by atoms with Crippen molar-refractivity contribution in [3.05, 3.63) is 79.8 Å². The number of esters is 1. The van der Waals surface area contributed by atoms with Crippen LogP contribution in [-0.2, 0) is 24.2 Å². The molecule has 0 N–H and O–H groups in total. The van der Waals surface area contributed by atoms with Crippen molar-refractivity contribution in [3.8, 4) is 0 Å². The summed E-state index contributed by atoms with van der Waals surface area (Å²) in [5.74, 6) is -0.392. The normalized spacial score (nSPS) is 13.4. The van der Waals surface area contributed by atoms with Crippen molar-refractivity contribution in [2.24, 2.45) is 0 Å². The van der Waals surface area contributed by atoms with Gasteiger partial charge in [-0.25, -0.2) is 9.78 Å². The SMILES string of the molecule is O=C(OCc1cc(=O)n2cc(Br)ccc2n1)c1ccc2c(c1)CCCC2. The molecule has 0 amide bonds. The van der Waals surface area contributed by atoms with Crippen LogP contribution >= 0.6 is 15.9 Å². The van der Waals surface area contributed by atoms with Crippen LogP contribution < -0.4 is 5.56 Å². The molecule has 1 aliphatic carbocycles. The van der Waals surface area contributed by atoms with E-state index in [0.717, 1.165) is 23.7 Å². The Labute approximate surface area is 158 Å². The standard InChI is InChI=1S/C20H17BrN2O3/c21-16-7-8-18-22-17(10-19(24)23(18)11-16)12-26-20(25)15-6-5-13-3-1-2-4-14(13)9-15/h5-11H,1-4,12H2. The van der Waals surface area contributed by atoms with Crippen LogP contribution in [0.1, 0.15) is 40.0 Å². The summed E-state index contributed by atoms with van der Waals surface area (Å²) in [6.45, 7) is -0.0300. The molecule has 6 heteroatoms. The molecule has 0 spiro atoms. The lowest BCUT2D eigenvalue weighted by Gasteiger charge is -2.16. The largest absolute Gasteiger partial charge is 0.456 e. The van der Waals surface area contributed by atoms with Crippen molar-refractivity contribution in [3.63, 3.8) is 0 Å². The van der Waals surface area contributed by atoms with Gasteiger partial charge < -0.3 is 4.74 Å². The third-order valence-electron chi connectivity index (χ3n) is 4.61. The molecule has 0 bridgehead atoms. The topological polar surface area (TPSA) is 60.7 Å². The number of hydrogen-bond donors (Lipinski definition) is 0. The molecule has 0 fully saturated rings. The maximum Gasteiger partial charge on any atom is 0.338 e. The van der Waals surface area contributed by atoms with Gasteiger partial charge in [0.15, 0.2) is 0 Å². The number of fused-ring (bicyclic) bond motifs is 2. The zero-order chi connectivity index (χ0) is 18.1. The Morgan fingerprint density at radius 2 is 1.92 bits per heavy atom. The molecule has 132 valence electrons. The number of aryl methyl sites for hydroxylation is 2. The molecule has 1 aromatic carbocycles. The third kappa shape index (κ3) is 3.42. The van der Waals surface area contributed by atoms with E-state index in [4.69, 9.17) is 4.74 Å². The zero-order valence-corrected chi connectivity index (χ0v) is 15.7. The molecular weight excluding hydrogens is 396 g/mol. The summed E-state index contributed by atoms with van der Waals surface area (Å²) in [7, 11) is 0. The van der Waals surface area contributed by atoms with Crippen LogP contribution in [0.3, 0.4) is 0 Å². The summed E-state index contributed by atoms with van der Waals surface area (Å²) in [6, 6.07) is 10.7. The molecule has 3 aromatic rings. The third-order valence-corrected chi connectivity index (χ3v) is 5.08. The van der Waals surface area contributed by atoms with Crippen LogP contribution in [0.15, 0.2) is 51.9 Å². The highest BCUT2D eigenvalue weighted by Gasteiger charge is 2.14. The monoisotopic (exact) mass is 412 g/mol. The highest BCUT2D eigenvalue weighted by molar-refractivity contribution is 9.10. The zero-order valence-electron chi connectivity index (χ0n) is 14.1. The van der Waals surface area contributed by atoms with Gasteiger partial charge in [0.25, 0.3) is 5.56 Å². The average molecular weight is 413 g/mol. The number of ether oxygens (including phenoxy) is 1. The highest BCUT2D eigenvalue weighted by atomic mass is 79.9. The molecule has 0 radical (unpaired) electrons. The number of hydrogen-bond acceptors (Lipinski definition) is 4. The lowest BCUT2D eigenvalue weighted by molar-refractivity contribution is 0.0467. The fraction of sp³-hybridized carbons (Fsp3) is 0.250. The predicted octanol–water partition coefficient (Wildman–Crippen LogP) is 3.69. The van der Waals surface area contributed by atoms with Crippen molar-refractivity contribution in [2.45, 2.75) is 32.3 Å². The van der Waals surface area contributed by atoms with Crippen LogP contribution in [-0.4, -0.2) is 15.4 Å². The fourth-order valence-corrected chi connectivity index (χ4v) is 3.62. The Hall–Kier alpha value is -2.47. The predicted molar refractivity (Wildman–Crippen MR) is 101 cm³/mol. The Morgan fingerprint density at radius 3 is 2.77 bits per heavy atom. The van der Waals surface area contributed by atoms with Crippen LogP contribution in [0.4, 0.5) is 0 Å². The summed E-state index contributed by atoms with van der Waals surface area (Å²) in [6.07, 6.45) is 6.11. The molecule has 0 unspecified atom stereocenters. The number of carbonyl (C=O) groups excluding carboxylic acids is 1. The van der Waals surface area contributed by atoms with Crippen LogP contribution in [0.25, 0.3) is 5.65 Å². The second kappa shape index (κ2) is 7.03. The summed E-state index contributed by atoms with van der Waals surface area (Å²) in [5.41, 5.74) is 3.84. The minimum Gasteiger partial charge on any atom is -0.456 e. The first kappa shape index (κ1) is 17.0. The van der Waals surface area contributed by atoms with Gasteiger partial charge in [0.2, 0.25) is 0 Å². The number of rotatable bonds is 3. The molecule has 0 saturated heterocycles. The smallest absolute Gasteiger partial charge is 0.338 e. The van der Waals surface area contributed by atoms with Crippen molar-refractivity contribution in [2.75, 3.05) is 0 Å². The van der Waals surface area contributed by atoms with E-state index in [9.17, 15) is 9.59 Å². The van der Waals surface area contributed by atoms with E-state index in [-0.39, 0.29) is 12.2 Å². The molecule has 0 aliphatic heterocycles. The molecule has 1 aliphatic rings. The van der Waals surface area contributed by atoms with Gasteiger partial charge >= 0.3 is 5.97 Å². The van der Waals surface area contributed by atoms with E-state index >= 15 is 0 Å². The number of carbonyl (C=O) groups is 1. The van der Waals surface area contributed by atoms with E-state index in [2.05, 4.69) is 20.9 Å². The first-order valence-corrected chi connectivity index (χ1v) is 9.36. The molecule has 0 saturated carbocycles. The van der Waals surface area contributed by atoms with Crippen molar-refractivity contribution < 1.29 is 9.53 Å². The van der Waals surface area contributed by atoms with Crippen molar-refractivity contribution in [1.82, 2.24) is 9.38 Å². The Kier molecular flexibility index (Phi) is 4.59. The van der Waals surface area contributed by atoms with Crippen molar-refractivity contribution >= 4 is 27.5 Å². The number of benzene rings is 1. The van der Waals surface area contributed by atoms with Crippen molar-refractivity contribution in [1.29, 1.82) is 0 Å². The minimum atomic E-state index is -0.392. The van der Waals surface area contributed by atoms with Crippen LogP contribution in [0.5, 0.6) is 0 Å². The fourth-order valence-electron chi connectivity index (χ4n) is 3.28. The summed E-state index contributed by atoms with van der Waals surface area (Å²) in [4.78, 5) is 28.9. The van der Waals surface area contributed by atoms with E-state index in [1.807, 2.05) is 24.3 Å². The Bertz CT molecular complexity index is 1060. The molecule has 26 heavy (non-hydrogen) atoms. The maximum atomic E-state index is 12.4. The van der Waals surface area contributed by atoms with Crippen LogP contribution in [0, 0.1) is 0 Å². The van der Waals surface area contributed by atoms with Gasteiger partial charge in [0.05, 0.1) is 11.3 Å². The maximum absolute atomic E-state index is 12.4. The molecule has 0 atom stereocenters. The van der Waals surface area contributed by atoms with Gasteiger partial charge in [-0.3, -0.25) is 9.20 Å². The second-order valence-corrected chi connectivity index (χ2v) is 7.34. The molecular formula is C20H17BrN2O3. The van der Waals surface area contributed by atoms with Crippen LogP contribution in [0.2, 0.25) is 0 Å². The molecule has 5 nitrogen and oxygen atoms in total. The molecule has 2 aromatic heterocycles. The summed E-state index contributed by atoms with van der Waals surface area (Å²) < 4.78 is 7.61. The number of halogens is 1. The highest BCUT2D eigenvalue weighted by Crippen LogP contribution is 2.22. The first-order valence-electron chi connectivity index (χ1n) is 8.57. The average Bonchev–Trinajstić information content (AvgIpc) is 2.66.